The van der Waals surface area contributed by atoms with Crippen LogP contribution in [0.15, 0.2) is 314 Å². The van der Waals surface area contributed by atoms with Crippen molar-refractivity contribution in [3.63, 3.8) is 0 Å². The second-order valence-electron chi connectivity index (χ2n) is 24.9. The number of rotatable bonds is 8. The molecule has 0 saturated heterocycles. The summed E-state index contributed by atoms with van der Waals surface area (Å²) in [5.41, 5.74) is 19.0. The standard InChI is InChI=1S/C86H53N11/c87-83(91-85-88-71-34-14-11-32-67(71)80(89-85)54-20-3-1-4-21-54)59-26-17-29-63(47-59)96-72-35-15-12-31-65(72)66-44-46-75-79(82(66)96)70-49-56-24-7-8-25-57(56)50-76(70)94(75)61-41-37-52(38-42-61)58-39-43-69-77(51-58)97-86(90-81(69)55-22-5-2-6-23-55)92-84(93-97)60-27-18-28-62(48-60)95-73-36-16-13-33-68(73)78-64-30-10-9-19-53(64)40-45-74(78)95/h1-51H,(H2,87,88,89,91). The molecule has 0 atom stereocenters. The summed E-state index contributed by atoms with van der Waals surface area (Å²) in [5, 5.41) is 28.6. The normalized spacial score (nSPS) is 12.2. The number of benzene rings is 14. The van der Waals surface area contributed by atoms with Crippen molar-refractivity contribution in [2.24, 2.45) is 4.99 Å². The van der Waals surface area contributed by atoms with Gasteiger partial charge < -0.3 is 18.7 Å². The highest BCUT2D eigenvalue weighted by Gasteiger charge is 2.24. The monoisotopic (exact) mass is 1240 g/mol. The molecule has 97 heavy (non-hydrogen) atoms. The predicted molar refractivity (Wildman–Crippen MR) is 397 cm³/mol. The fraction of sp³-hybridized carbons (Fsp3) is 0. The van der Waals surface area contributed by atoms with Crippen molar-refractivity contribution in [1.29, 1.82) is 5.41 Å². The topological polar surface area (TPSA) is 123 Å². The van der Waals surface area contributed by atoms with Crippen molar-refractivity contribution in [2.45, 2.75) is 0 Å². The summed E-state index contributed by atoms with van der Waals surface area (Å²) in [6.45, 7) is 0. The lowest BCUT2D eigenvalue weighted by atomic mass is 10.0. The Balaban J connectivity index is 0.714. The highest BCUT2D eigenvalue weighted by atomic mass is 15.3. The molecule has 11 nitrogen and oxygen atoms in total. The number of hydrogen-bond donors (Lipinski definition) is 2. The number of para-hydroxylation sites is 3. The van der Waals surface area contributed by atoms with E-state index in [4.69, 9.17) is 25.0 Å². The zero-order chi connectivity index (χ0) is 63.8. The first-order valence-electron chi connectivity index (χ1n) is 32.6. The number of H-pyrrole nitrogens is 1. The maximum absolute atomic E-state index is 9.55. The molecule has 0 saturated carbocycles. The SMILES string of the molecule is N=C(N=c1nc(-c2ccccc2)c2ccccc2[nH]1)c1cccc(-n2c3ccccc3c3ccc4c(c5cc6ccccc6cc5n4-c4ccc(-c5ccc6c(-c7ccccc7)nc7nc(-c8cccc(-n9c%10ccccc%10c%10c%11ccccc%11ccc%109)c8)nn7c6c5)cc4)c32)c1. The third-order valence-corrected chi connectivity index (χ3v) is 19.4. The lowest BCUT2D eigenvalue weighted by Gasteiger charge is -2.12. The summed E-state index contributed by atoms with van der Waals surface area (Å²) in [5.74, 6) is 1.20. The molecule has 0 fully saturated rings. The molecule has 0 aliphatic carbocycles. The van der Waals surface area contributed by atoms with Crippen LogP contribution in [0.5, 0.6) is 0 Å². The average molecular weight is 1240 g/mol. The van der Waals surface area contributed by atoms with Crippen molar-refractivity contribution in [1.82, 2.24) is 43.3 Å². The molecule has 452 valence electrons. The lowest BCUT2D eigenvalue weighted by Crippen LogP contribution is -2.17. The van der Waals surface area contributed by atoms with Gasteiger partial charge in [0, 0.05) is 82.4 Å². The zero-order valence-corrected chi connectivity index (χ0v) is 52.0. The van der Waals surface area contributed by atoms with Crippen LogP contribution in [0.3, 0.4) is 0 Å². The fourth-order valence-electron chi connectivity index (χ4n) is 15.1. The van der Waals surface area contributed by atoms with Gasteiger partial charge in [0.2, 0.25) is 5.62 Å². The van der Waals surface area contributed by atoms with Crippen LogP contribution in [0.1, 0.15) is 5.56 Å². The van der Waals surface area contributed by atoms with Gasteiger partial charge in [-0.25, -0.2) is 9.97 Å². The van der Waals surface area contributed by atoms with Crippen LogP contribution < -0.4 is 5.62 Å². The van der Waals surface area contributed by atoms with Gasteiger partial charge in [0.15, 0.2) is 11.7 Å². The Bertz CT molecular complexity index is 6770. The van der Waals surface area contributed by atoms with E-state index in [1.165, 1.54) is 21.5 Å². The summed E-state index contributed by atoms with van der Waals surface area (Å²) < 4.78 is 9.06. The van der Waals surface area contributed by atoms with E-state index < -0.39 is 0 Å². The maximum Gasteiger partial charge on any atom is 0.253 e. The van der Waals surface area contributed by atoms with E-state index in [2.05, 4.69) is 273 Å². The van der Waals surface area contributed by atoms with Gasteiger partial charge in [0.05, 0.1) is 55.5 Å². The Kier molecular flexibility index (Phi) is 11.9. The molecule has 20 aromatic rings. The highest BCUT2D eigenvalue weighted by molar-refractivity contribution is 6.28. The van der Waals surface area contributed by atoms with E-state index in [-0.39, 0.29) is 5.84 Å². The summed E-state index contributed by atoms with van der Waals surface area (Å²) in [6.07, 6.45) is 0. The van der Waals surface area contributed by atoms with Gasteiger partial charge >= 0.3 is 0 Å². The summed E-state index contributed by atoms with van der Waals surface area (Å²) in [7, 11) is 0. The van der Waals surface area contributed by atoms with Crippen LogP contribution in [0.25, 0.3) is 177 Å². The first-order valence-corrected chi connectivity index (χ1v) is 32.6. The van der Waals surface area contributed by atoms with Crippen LogP contribution in [0.2, 0.25) is 0 Å². The van der Waals surface area contributed by atoms with Gasteiger partial charge in [-0.3, -0.25) is 5.41 Å². The van der Waals surface area contributed by atoms with Gasteiger partial charge in [-0.15, -0.1) is 5.10 Å². The molecule has 0 spiro atoms. The van der Waals surface area contributed by atoms with Gasteiger partial charge in [0.25, 0.3) is 5.78 Å². The van der Waals surface area contributed by atoms with E-state index in [1.807, 2.05) is 59.1 Å². The number of fused-ring (bicyclic) bond motifs is 17. The average Bonchev–Trinajstić information content (AvgIpc) is 1.57. The third kappa shape index (κ3) is 8.55. The molecule has 20 rings (SSSR count). The Morgan fingerprint density at radius 1 is 0.330 bits per heavy atom. The molecule has 6 heterocycles. The lowest BCUT2D eigenvalue weighted by molar-refractivity contribution is 0.988. The highest BCUT2D eigenvalue weighted by Crippen LogP contribution is 2.45. The van der Waals surface area contributed by atoms with Crippen molar-refractivity contribution >= 4 is 120 Å². The van der Waals surface area contributed by atoms with Crippen LogP contribution in [0, 0.1) is 5.41 Å². The van der Waals surface area contributed by atoms with Gasteiger partial charge in [0.1, 0.15) is 0 Å². The van der Waals surface area contributed by atoms with Gasteiger partial charge in [-0.05, 0) is 124 Å². The van der Waals surface area contributed by atoms with E-state index in [9.17, 15) is 5.41 Å². The van der Waals surface area contributed by atoms with E-state index >= 15 is 0 Å². The molecular formula is C86H53N11. The second-order valence-corrected chi connectivity index (χ2v) is 24.9. The number of nitrogens with one attached hydrogen (secondary N) is 2. The number of aromatic amines is 1. The minimum atomic E-state index is 0.0961. The number of amidine groups is 1. The Labute approximate surface area is 553 Å². The fourth-order valence-corrected chi connectivity index (χ4v) is 15.1. The van der Waals surface area contributed by atoms with Crippen LogP contribution in [-0.4, -0.2) is 49.1 Å². The van der Waals surface area contributed by atoms with Crippen molar-refractivity contribution in [2.75, 3.05) is 0 Å². The first-order chi connectivity index (χ1) is 48.0. The molecule has 2 N–H and O–H groups in total. The Morgan fingerprint density at radius 2 is 0.928 bits per heavy atom. The molecule has 0 aliphatic heterocycles. The van der Waals surface area contributed by atoms with Gasteiger partial charge in [-0.1, -0.05) is 218 Å². The van der Waals surface area contributed by atoms with Crippen molar-refractivity contribution < 1.29 is 0 Å². The molecule has 0 aliphatic rings. The summed E-state index contributed by atoms with van der Waals surface area (Å²) in [6, 6.07) is 109. The number of nitrogens with zero attached hydrogens (tertiary/aromatic N) is 9. The molecule has 0 unspecified atom stereocenters. The molecule has 6 aromatic heterocycles. The van der Waals surface area contributed by atoms with E-state index in [0.717, 1.165) is 143 Å². The molecular weight excluding hydrogens is 1190 g/mol. The number of aromatic nitrogens is 9. The first kappa shape index (κ1) is 54.2. The molecule has 11 heteroatoms. The van der Waals surface area contributed by atoms with Crippen LogP contribution in [0.4, 0.5) is 0 Å². The maximum atomic E-state index is 9.55. The molecule has 14 aromatic carbocycles. The van der Waals surface area contributed by atoms with E-state index in [0.29, 0.717) is 22.8 Å². The second kappa shape index (κ2) is 21.3. The Hall–Kier alpha value is -13.4. The van der Waals surface area contributed by atoms with Crippen molar-refractivity contribution in [3.05, 3.63) is 321 Å². The van der Waals surface area contributed by atoms with Crippen LogP contribution >= 0.6 is 0 Å². The number of hydrogen-bond acceptors (Lipinski definition) is 5. The van der Waals surface area contributed by atoms with Crippen molar-refractivity contribution in [3.8, 4) is 62.1 Å². The predicted octanol–water partition coefficient (Wildman–Crippen LogP) is 20.3. The van der Waals surface area contributed by atoms with Gasteiger partial charge in [-0.2, -0.15) is 14.5 Å². The quantitative estimate of drug-likeness (QED) is 0.116. The molecule has 0 amide bonds. The smallest absolute Gasteiger partial charge is 0.253 e. The van der Waals surface area contributed by atoms with E-state index in [1.54, 1.807) is 0 Å². The zero-order valence-electron chi connectivity index (χ0n) is 52.0. The molecule has 0 radical (unpaired) electrons. The minimum absolute atomic E-state index is 0.0961. The summed E-state index contributed by atoms with van der Waals surface area (Å²) in [4.78, 5) is 23.8. The van der Waals surface area contributed by atoms with Crippen LogP contribution in [-0.2, 0) is 0 Å². The summed E-state index contributed by atoms with van der Waals surface area (Å²) >= 11 is 0. The molecule has 0 bridgehead atoms. The third-order valence-electron chi connectivity index (χ3n) is 19.4. The largest absolute Gasteiger partial charge is 0.323 e. The Morgan fingerprint density at radius 3 is 1.72 bits per heavy atom. The minimum Gasteiger partial charge on any atom is -0.323 e.